The van der Waals surface area contributed by atoms with Gasteiger partial charge >= 0.3 is 0 Å². The summed E-state index contributed by atoms with van der Waals surface area (Å²) in [6, 6.07) is 0. The second-order valence-electron chi connectivity index (χ2n) is 5.46. The molecule has 4 heteroatoms. The first kappa shape index (κ1) is 15.1. The summed E-state index contributed by atoms with van der Waals surface area (Å²) in [5.74, 6) is 1.90. The number of aliphatic imine (C=N–C) groups is 1. The molecule has 0 heterocycles. The van der Waals surface area contributed by atoms with Gasteiger partial charge in [0.15, 0.2) is 5.96 Å². The molecule has 0 aromatic heterocycles. The number of hydrogen-bond donors (Lipinski definition) is 2. The summed E-state index contributed by atoms with van der Waals surface area (Å²) in [6.45, 7) is 4.49. The number of guanidine groups is 1. The van der Waals surface area contributed by atoms with E-state index in [1.165, 1.54) is 38.5 Å². The zero-order valence-corrected chi connectivity index (χ0v) is 13.4. The van der Waals surface area contributed by atoms with Crippen LogP contribution in [0, 0.1) is 11.3 Å². The molecule has 2 aliphatic carbocycles. The molecule has 100 valence electrons. The quantitative estimate of drug-likeness (QED) is 0.454. The monoisotopic (exact) mass is 351 g/mol. The molecule has 0 aromatic carbocycles. The number of halogens is 1. The fourth-order valence-electron chi connectivity index (χ4n) is 2.39. The zero-order chi connectivity index (χ0) is 11.4. The Kier molecular flexibility index (Phi) is 6.03. The van der Waals surface area contributed by atoms with E-state index in [9.17, 15) is 0 Å². The minimum Gasteiger partial charge on any atom is -0.356 e. The van der Waals surface area contributed by atoms with Crippen LogP contribution < -0.4 is 10.6 Å². The molecular weight excluding hydrogens is 325 g/mol. The van der Waals surface area contributed by atoms with Gasteiger partial charge in [0.05, 0.1) is 0 Å². The molecule has 0 bridgehead atoms. The molecule has 0 atom stereocenters. The molecule has 2 N–H and O–H groups in total. The van der Waals surface area contributed by atoms with Crippen LogP contribution in [0.3, 0.4) is 0 Å². The standard InChI is InChI=1S/C13H25N3.HI/c1-3-13(7-4-8-13)10-16-12(14-2)15-9-11-5-6-11;/h11H,3-10H2,1-2H3,(H2,14,15,16);1H. The van der Waals surface area contributed by atoms with Crippen molar-refractivity contribution in [3.63, 3.8) is 0 Å². The molecule has 0 unspecified atom stereocenters. The predicted octanol–water partition coefficient (Wildman–Crippen LogP) is 2.76. The maximum absolute atomic E-state index is 4.28. The maximum Gasteiger partial charge on any atom is 0.191 e. The van der Waals surface area contributed by atoms with Gasteiger partial charge in [-0.3, -0.25) is 4.99 Å². The van der Waals surface area contributed by atoms with Crippen molar-refractivity contribution in [2.75, 3.05) is 20.1 Å². The van der Waals surface area contributed by atoms with E-state index in [2.05, 4.69) is 22.5 Å². The van der Waals surface area contributed by atoms with Gasteiger partial charge in [-0.25, -0.2) is 0 Å². The molecule has 2 aliphatic rings. The van der Waals surface area contributed by atoms with Crippen molar-refractivity contribution in [3.8, 4) is 0 Å². The van der Waals surface area contributed by atoms with Gasteiger partial charge in [-0.2, -0.15) is 0 Å². The second kappa shape index (κ2) is 6.81. The predicted molar refractivity (Wildman–Crippen MR) is 84.1 cm³/mol. The lowest BCUT2D eigenvalue weighted by Crippen LogP contribution is -2.46. The Labute approximate surface area is 122 Å². The summed E-state index contributed by atoms with van der Waals surface area (Å²) in [7, 11) is 1.86. The van der Waals surface area contributed by atoms with Gasteiger partial charge in [-0.15, -0.1) is 24.0 Å². The summed E-state index contributed by atoms with van der Waals surface area (Å²) in [5.41, 5.74) is 0.567. The van der Waals surface area contributed by atoms with Crippen molar-refractivity contribution in [2.45, 2.75) is 45.4 Å². The summed E-state index contributed by atoms with van der Waals surface area (Å²) < 4.78 is 0. The Bertz CT molecular complexity index is 252. The smallest absolute Gasteiger partial charge is 0.191 e. The van der Waals surface area contributed by atoms with Gasteiger partial charge in [0.2, 0.25) is 0 Å². The lowest BCUT2D eigenvalue weighted by molar-refractivity contribution is 0.131. The van der Waals surface area contributed by atoms with E-state index < -0.39 is 0 Å². The van der Waals surface area contributed by atoms with Gasteiger partial charge in [0.1, 0.15) is 0 Å². The first-order valence-electron chi connectivity index (χ1n) is 6.72. The number of nitrogens with zero attached hydrogens (tertiary/aromatic N) is 1. The SMILES string of the molecule is CCC1(CNC(=NC)NCC2CC2)CCC1.I. The van der Waals surface area contributed by atoms with E-state index in [-0.39, 0.29) is 24.0 Å². The Morgan fingerprint density at radius 1 is 1.29 bits per heavy atom. The molecule has 0 amide bonds. The molecule has 0 aromatic rings. The van der Waals surface area contributed by atoms with Crippen LogP contribution in [0.4, 0.5) is 0 Å². The van der Waals surface area contributed by atoms with Crippen LogP contribution in [0.5, 0.6) is 0 Å². The summed E-state index contributed by atoms with van der Waals surface area (Å²) in [5, 5.41) is 6.90. The largest absolute Gasteiger partial charge is 0.356 e. The average Bonchev–Trinajstić information content (AvgIpc) is 3.05. The molecule has 2 fully saturated rings. The third-order valence-corrected chi connectivity index (χ3v) is 4.27. The van der Waals surface area contributed by atoms with Gasteiger partial charge in [0.25, 0.3) is 0 Å². The van der Waals surface area contributed by atoms with Crippen molar-refractivity contribution in [1.29, 1.82) is 0 Å². The van der Waals surface area contributed by atoms with Crippen LogP contribution in [-0.4, -0.2) is 26.1 Å². The third-order valence-electron chi connectivity index (χ3n) is 4.27. The van der Waals surface area contributed by atoms with E-state index in [1.807, 2.05) is 7.05 Å². The molecule has 0 aliphatic heterocycles. The molecular formula is C13H26IN3. The molecule has 0 saturated heterocycles. The average molecular weight is 351 g/mol. The summed E-state index contributed by atoms with van der Waals surface area (Å²) in [6.07, 6.45) is 8.25. The van der Waals surface area contributed by atoms with E-state index >= 15 is 0 Å². The Morgan fingerprint density at radius 3 is 2.41 bits per heavy atom. The highest BCUT2D eigenvalue weighted by Crippen LogP contribution is 2.42. The van der Waals surface area contributed by atoms with Crippen molar-refractivity contribution in [3.05, 3.63) is 0 Å². The van der Waals surface area contributed by atoms with Gasteiger partial charge in [-0.05, 0) is 43.4 Å². The second-order valence-corrected chi connectivity index (χ2v) is 5.46. The third kappa shape index (κ3) is 4.30. The van der Waals surface area contributed by atoms with E-state index in [4.69, 9.17) is 0 Å². The molecule has 0 radical (unpaired) electrons. The Hall–Kier alpha value is 0. The van der Waals surface area contributed by atoms with Crippen molar-refractivity contribution >= 4 is 29.9 Å². The fourth-order valence-corrected chi connectivity index (χ4v) is 2.39. The Balaban J connectivity index is 0.00000144. The number of rotatable bonds is 5. The molecule has 3 nitrogen and oxygen atoms in total. The zero-order valence-electron chi connectivity index (χ0n) is 11.1. The van der Waals surface area contributed by atoms with Gasteiger partial charge in [-0.1, -0.05) is 13.3 Å². The van der Waals surface area contributed by atoms with E-state index in [0.717, 1.165) is 25.0 Å². The summed E-state index contributed by atoms with van der Waals surface area (Å²) in [4.78, 5) is 4.28. The van der Waals surface area contributed by atoms with E-state index in [1.54, 1.807) is 0 Å². The van der Waals surface area contributed by atoms with Crippen molar-refractivity contribution < 1.29 is 0 Å². The van der Waals surface area contributed by atoms with E-state index in [0.29, 0.717) is 5.41 Å². The minimum atomic E-state index is 0. The highest BCUT2D eigenvalue weighted by Gasteiger charge is 2.34. The highest BCUT2D eigenvalue weighted by atomic mass is 127. The van der Waals surface area contributed by atoms with Crippen molar-refractivity contribution in [1.82, 2.24) is 10.6 Å². The Morgan fingerprint density at radius 2 is 2.00 bits per heavy atom. The van der Waals surface area contributed by atoms with Crippen molar-refractivity contribution in [2.24, 2.45) is 16.3 Å². The molecule has 17 heavy (non-hydrogen) atoms. The topological polar surface area (TPSA) is 36.4 Å². The first-order valence-corrected chi connectivity index (χ1v) is 6.72. The minimum absolute atomic E-state index is 0. The molecule has 2 rings (SSSR count). The fraction of sp³-hybridized carbons (Fsp3) is 0.923. The maximum atomic E-state index is 4.28. The van der Waals surface area contributed by atoms with Gasteiger partial charge < -0.3 is 10.6 Å². The van der Waals surface area contributed by atoms with Crippen LogP contribution in [-0.2, 0) is 0 Å². The number of nitrogens with one attached hydrogen (secondary N) is 2. The molecule has 0 spiro atoms. The van der Waals surface area contributed by atoms with Crippen LogP contribution in [0.1, 0.15) is 45.4 Å². The lowest BCUT2D eigenvalue weighted by Gasteiger charge is -2.41. The number of hydrogen-bond acceptors (Lipinski definition) is 1. The molecule has 2 saturated carbocycles. The first-order chi connectivity index (χ1) is 7.78. The van der Waals surface area contributed by atoms with Crippen LogP contribution in [0.25, 0.3) is 0 Å². The summed E-state index contributed by atoms with van der Waals surface area (Å²) >= 11 is 0. The van der Waals surface area contributed by atoms with Gasteiger partial charge in [0, 0.05) is 20.1 Å². The van der Waals surface area contributed by atoms with Crippen LogP contribution >= 0.6 is 24.0 Å². The van der Waals surface area contributed by atoms with Crippen LogP contribution in [0.15, 0.2) is 4.99 Å². The lowest BCUT2D eigenvalue weighted by atomic mass is 9.67. The van der Waals surface area contributed by atoms with Crippen LogP contribution in [0.2, 0.25) is 0 Å². The highest BCUT2D eigenvalue weighted by molar-refractivity contribution is 14.0. The normalized spacial score (nSPS) is 22.4.